The normalized spacial score (nSPS) is 20.6. The maximum Gasteiger partial charge on any atom is 0.258 e. The standard InChI is InChI=1S/C20H26N4O3S/c1-5-28(26,27)22-15-9-16(14-8-12(2)20(25)23(3)11-14)18-17(10-15)24(4)19(21-18)13-6-7-13/h9-13,22H,5-8H2,1-4H3/p+1. The number of anilines is 1. The highest BCUT2D eigenvalue weighted by atomic mass is 32.2. The van der Waals surface area contributed by atoms with Crippen LogP contribution in [0.2, 0.25) is 0 Å². The first kappa shape index (κ1) is 19.0. The lowest BCUT2D eigenvalue weighted by Crippen LogP contribution is -2.32. The van der Waals surface area contributed by atoms with Crippen molar-refractivity contribution in [3.05, 3.63) is 29.7 Å². The Morgan fingerprint density at radius 2 is 2.04 bits per heavy atom. The average molecular weight is 404 g/mol. The number of aryl methyl sites for hydroxylation is 1. The van der Waals surface area contributed by atoms with E-state index < -0.39 is 10.0 Å². The zero-order valence-electron chi connectivity index (χ0n) is 16.7. The molecule has 0 spiro atoms. The monoisotopic (exact) mass is 403 g/mol. The molecule has 1 atom stereocenters. The second-order valence-electron chi connectivity index (χ2n) is 7.98. The number of fused-ring (bicyclic) bond motifs is 1. The number of hydrogen-bond acceptors (Lipinski definition) is 3. The van der Waals surface area contributed by atoms with E-state index in [1.807, 2.05) is 32.3 Å². The number of hydrogen-bond donors (Lipinski definition) is 2. The van der Waals surface area contributed by atoms with Crippen molar-refractivity contribution in [2.75, 3.05) is 17.5 Å². The number of imidazole rings is 1. The molecule has 28 heavy (non-hydrogen) atoms. The summed E-state index contributed by atoms with van der Waals surface area (Å²) in [6.07, 6.45) is 4.83. The minimum absolute atomic E-state index is 0.0178. The van der Waals surface area contributed by atoms with Crippen molar-refractivity contribution >= 4 is 38.2 Å². The molecule has 7 nitrogen and oxygen atoms in total. The summed E-state index contributed by atoms with van der Waals surface area (Å²) >= 11 is 0. The Morgan fingerprint density at radius 3 is 2.64 bits per heavy atom. The van der Waals surface area contributed by atoms with Crippen LogP contribution in [0.15, 0.2) is 18.3 Å². The molecular weight excluding hydrogens is 376 g/mol. The van der Waals surface area contributed by atoms with Gasteiger partial charge >= 0.3 is 0 Å². The maximum absolute atomic E-state index is 12.2. The van der Waals surface area contributed by atoms with Gasteiger partial charge < -0.3 is 4.90 Å². The minimum Gasteiger partial charge on any atom is -0.322 e. The number of benzene rings is 1. The van der Waals surface area contributed by atoms with Crippen molar-refractivity contribution in [3.8, 4) is 0 Å². The van der Waals surface area contributed by atoms with E-state index in [-0.39, 0.29) is 17.6 Å². The minimum atomic E-state index is -3.38. The van der Waals surface area contributed by atoms with Gasteiger partial charge in [-0.25, -0.2) is 18.0 Å². The van der Waals surface area contributed by atoms with Crippen molar-refractivity contribution in [1.82, 2.24) is 9.88 Å². The van der Waals surface area contributed by atoms with Gasteiger partial charge in [0.2, 0.25) is 15.9 Å². The van der Waals surface area contributed by atoms with Gasteiger partial charge in [-0.2, -0.15) is 0 Å². The highest BCUT2D eigenvalue weighted by Crippen LogP contribution is 2.40. The summed E-state index contributed by atoms with van der Waals surface area (Å²) in [5.74, 6) is 1.70. The van der Waals surface area contributed by atoms with Gasteiger partial charge in [0.05, 0.1) is 24.4 Å². The summed E-state index contributed by atoms with van der Waals surface area (Å²) in [5, 5.41) is 0. The Hall–Kier alpha value is -2.35. The molecule has 2 aromatic rings. The van der Waals surface area contributed by atoms with Crippen molar-refractivity contribution in [1.29, 1.82) is 0 Å². The largest absolute Gasteiger partial charge is 0.322 e. The first-order valence-corrected chi connectivity index (χ1v) is 11.4. The number of rotatable bonds is 5. The van der Waals surface area contributed by atoms with Gasteiger partial charge in [-0.05, 0) is 37.8 Å². The molecule has 1 fully saturated rings. The molecule has 1 aliphatic heterocycles. The zero-order valence-corrected chi connectivity index (χ0v) is 17.6. The van der Waals surface area contributed by atoms with Crippen LogP contribution in [0, 0.1) is 5.92 Å². The molecule has 0 radical (unpaired) electrons. The fourth-order valence-corrected chi connectivity index (χ4v) is 4.58. The Kier molecular flexibility index (Phi) is 4.49. The van der Waals surface area contributed by atoms with Gasteiger partial charge in [0, 0.05) is 30.8 Å². The quantitative estimate of drug-likeness (QED) is 0.752. The van der Waals surface area contributed by atoms with E-state index in [0.29, 0.717) is 18.0 Å². The molecule has 1 amide bonds. The average Bonchev–Trinajstić information content (AvgIpc) is 3.43. The van der Waals surface area contributed by atoms with Crippen molar-refractivity contribution < 1.29 is 17.8 Å². The molecular formula is C20H27N4O3S+. The number of aromatic nitrogens is 2. The topological polar surface area (TPSA) is 86.2 Å². The summed E-state index contributed by atoms with van der Waals surface area (Å²) in [4.78, 5) is 17.4. The molecule has 0 saturated heterocycles. The Morgan fingerprint density at radius 1 is 1.32 bits per heavy atom. The van der Waals surface area contributed by atoms with E-state index in [1.165, 1.54) is 18.7 Å². The number of carbonyl (C=O) groups is 1. The van der Waals surface area contributed by atoms with Crippen LogP contribution < -0.4 is 9.29 Å². The van der Waals surface area contributed by atoms with Crippen molar-refractivity contribution in [2.45, 2.75) is 39.0 Å². The van der Waals surface area contributed by atoms with Crippen LogP contribution >= 0.6 is 0 Å². The van der Waals surface area contributed by atoms with Gasteiger partial charge in [0.15, 0.2) is 11.0 Å². The number of amides is 1. The number of carbonyl (C=O) groups excluding carboxylic acids is 1. The Labute approximate surface area is 165 Å². The predicted octanol–water partition coefficient (Wildman–Crippen LogP) is 2.47. The maximum atomic E-state index is 12.2. The van der Waals surface area contributed by atoms with E-state index in [0.717, 1.165) is 22.2 Å². The SMILES string of the molecule is CCS(=O)(=O)Nc1cc(C2=CN(C)C(=O)C(C)C2)c2[nH]c(C3CC3)[n+](C)c2c1. The molecule has 1 aliphatic carbocycles. The smallest absolute Gasteiger partial charge is 0.258 e. The van der Waals surface area contributed by atoms with E-state index in [1.54, 1.807) is 18.9 Å². The molecule has 1 aromatic heterocycles. The zero-order chi connectivity index (χ0) is 20.2. The first-order valence-electron chi connectivity index (χ1n) is 9.74. The highest BCUT2D eigenvalue weighted by Gasteiger charge is 2.35. The summed E-state index contributed by atoms with van der Waals surface area (Å²) < 4.78 is 29.1. The number of nitrogens with one attached hydrogen (secondary N) is 2. The highest BCUT2D eigenvalue weighted by molar-refractivity contribution is 7.92. The lowest BCUT2D eigenvalue weighted by Gasteiger charge is -2.26. The number of allylic oxidation sites excluding steroid dienone is 1. The molecule has 1 aromatic carbocycles. The van der Waals surface area contributed by atoms with Crippen molar-refractivity contribution in [3.63, 3.8) is 0 Å². The second-order valence-corrected chi connectivity index (χ2v) is 9.99. The van der Waals surface area contributed by atoms with Gasteiger partial charge in [0.1, 0.15) is 0 Å². The van der Waals surface area contributed by atoms with Crippen LogP contribution in [0.1, 0.15) is 50.4 Å². The molecule has 8 heteroatoms. The second kappa shape index (κ2) is 6.62. The van der Waals surface area contributed by atoms with Crippen LogP contribution in [0.25, 0.3) is 16.6 Å². The third-order valence-corrected chi connectivity index (χ3v) is 7.01. The lowest BCUT2D eigenvalue weighted by molar-refractivity contribution is -0.653. The first-order chi connectivity index (χ1) is 13.2. The molecule has 2 N–H and O–H groups in total. The molecule has 0 bridgehead atoms. The van der Waals surface area contributed by atoms with E-state index in [2.05, 4.69) is 14.3 Å². The van der Waals surface area contributed by atoms with Crippen LogP contribution in [0.5, 0.6) is 0 Å². The fraction of sp³-hybridized carbons (Fsp3) is 0.500. The Balaban J connectivity index is 1.91. The predicted molar refractivity (Wildman–Crippen MR) is 109 cm³/mol. The van der Waals surface area contributed by atoms with Crippen LogP contribution in [0.3, 0.4) is 0 Å². The van der Waals surface area contributed by atoms with Crippen LogP contribution in [-0.4, -0.2) is 37.0 Å². The Bertz CT molecular complexity index is 1100. The van der Waals surface area contributed by atoms with Gasteiger partial charge in [-0.1, -0.05) is 6.92 Å². The number of nitrogens with zero attached hydrogens (tertiary/aromatic N) is 2. The lowest BCUT2D eigenvalue weighted by atomic mass is 9.91. The van der Waals surface area contributed by atoms with Gasteiger partial charge in [0.25, 0.3) is 5.82 Å². The van der Waals surface area contributed by atoms with Gasteiger partial charge in [-0.3, -0.25) is 9.52 Å². The molecule has 150 valence electrons. The summed E-state index contributed by atoms with van der Waals surface area (Å²) in [5.41, 5.74) is 4.47. The molecule has 1 unspecified atom stereocenters. The third-order valence-electron chi connectivity index (χ3n) is 5.70. The molecule has 2 aliphatic rings. The summed E-state index contributed by atoms with van der Waals surface area (Å²) in [6, 6.07) is 3.76. The van der Waals surface area contributed by atoms with E-state index >= 15 is 0 Å². The fourth-order valence-electron chi connectivity index (χ4n) is 3.96. The molecule has 4 rings (SSSR count). The van der Waals surface area contributed by atoms with Crippen LogP contribution in [0.4, 0.5) is 5.69 Å². The van der Waals surface area contributed by atoms with E-state index in [4.69, 9.17) is 0 Å². The van der Waals surface area contributed by atoms with Gasteiger partial charge in [-0.15, -0.1) is 0 Å². The molecule has 2 heterocycles. The number of H-pyrrole nitrogens is 1. The van der Waals surface area contributed by atoms with Crippen molar-refractivity contribution in [2.24, 2.45) is 13.0 Å². The van der Waals surface area contributed by atoms with E-state index in [9.17, 15) is 13.2 Å². The summed E-state index contributed by atoms with van der Waals surface area (Å²) in [7, 11) is 0.400. The third kappa shape index (κ3) is 3.30. The summed E-state index contributed by atoms with van der Waals surface area (Å²) in [6.45, 7) is 3.55. The number of aromatic amines is 1. The van der Waals surface area contributed by atoms with Crippen LogP contribution in [-0.2, 0) is 21.9 Å². The number of sulfonamides is 1. The molecule has 1 saturated carbocycles.